The minimum Gasteiger partial charge on any atom is -0.479 e. The van der Waals surface area contributed by atoms with Gasteiger partial charge in [0.25, 0.3) is 0 Å². The number of carbonyl (C=O) groups excluding carboxylic acids is 2. The molecular formula is C17H19F3N2O4. The average Bonchev–Trinajstić information content (AvgIpc) is 2.56. The Morgan fingerprint density at radius 1 is 1.35 bits per heavy atom. The van der Waals surface area contributed by atoms with Crippen LogP contribution in [0.1, 0.15) is 25.8 Å². The van der Waals surface area contributed by atoms with Gasteiger partial charge in [-0.2, -0.15) is 13.2 Å². The zero-order valence-corrected chi connectivity index (χ0v) is 14.3. The van der Waals surface area contributed by atoms with E-state index in [9.17, 15) is 32.7 Å². The Morgan fingerprint density at radius 2 is 2.00 bits per heavy atom. The molecule has 0 aromatic heterocycles. The number of alkyl halides is 3. The van der Waals surface area contributed by atoms with E-state index in [0.717, 1.165) is 17.0 Å². The average molecular weight is 372 g/mol. The fourth-order valence-electron chi connectivity index (χ4n) is 3.05. The molecule has 0 radical (unpaired) electrons. The van der Waals surface area contributed by atoms with E-state index < -0.39 is 35.2 Å². The summed E-state index contributed by atoms with van der Waals surface area (Å²) >= 11 is 0. The van der Waals surface area contributed by atoms with E-state index in [0.29, 0.717) is 6.29 Å². The van der Waals surface area contributed by atoms with Crippen LogP contribution >= 0.6 is 0 Å². The summed E-state index contributed by atoms with van der Waals surface area (Å²) in [4.78, 5) is 37.7. The zero-order chi connectivity index (χ0) is 19.7. The highest BCUT2D eigenvalue weighted by Crippen LogP contribution is 2.33. The van der Waals surface area contributed by atoms with Crippen molar-refractivity contribution in [3.05, 3.63) is 29.8 Å². The molecule has 1 N–H and O–H groups in total. The number of amides is 1. The molecule has 6 nitrogen and oxygen atoms in total. The first-order valence-corrected chi connectivity index (χ1v) is 7.95. The topological polar surface area (TPSA) is 77.9 Å². The predicted octanol–water partition coefficient (Wildman–Crippen LogP) is 2.17. The summed E-state index contributed by atoms with van der Waals surface area (Å²) in [6, 6.07) is 3.77. The number of benzene rings is 1. The van der Waals surface area contributed by atoms with Gasteiger partial charge in [-0.15, -0.1) is 0 Å². The van der Waals surface area contributed by atoms with Gasteiger partial charge in [-0.05, 0) is 32.0 Å². The number of rotatable bonds is 5. The van der Waals surface area contributed by atoms with E-state index >= 15 is 0 Å². The van der Waals surface area contributed by atoms with Crippen molar-refractivity contribution in [2.75, 3.05) is 18.0 Å². The molecule has 0 aliphatic carbocycles. The monoisotopic (exact) mass is 372 g/mol. The highest BCUT2D eigenvalue weighted by Gasteiger charge is 2.46. The molecule has 0 bridgehead atoms. The number of piperazine rings is 1. The van der Waals surface area contributed by atoms with Crippen molar-refractivity contribution in [1.82, 2.24) is 4.90 Å². The Morgan fingerprint density at radius 3 is 2.54 bits per heavy atom. The molecule has 26 heavy (non-hydrogen) atoms. The summed E-state index contributed by atoms with van der Waals surface area (Å²) in [5.74, 6) is -1.86. The summed E-state index contributed by atoms with van der Waals surface area (Å²) in [7, 11) is 0. The second-order valence-corrected chi connectivity index (χ2v) is 6.36. The van der Waals surface area contributed by atoms with E-state index in [1.165, 1.54) is 30.9 Å². The Hall–Kier alpha value is -2.58. The molecule has 1 fully saturated rings. The van der Waals surface area contributed by atoms with Crippen LogP contribution < -0.4 is 4.90 Å². The van der Waals surface area contributed by atoms with E-state index in [4.69, 9.17) is 0 Å². The van der Waals surface area contributed by atoms with Crippen LogP contribution in [0.5, 0.6) is 0 Å². The second-order valence-electron chi connectivity index (χ2n) is 6.36. The van der Waals surface area contributed by atoms with Gasteiger partial charge in [0.05, 0.1) is 5.56 Å². The predicted molar refractivity (Wildman–Crippen MR) is 86.7 cm³/mol. The highest BCUT2D eigenvalue weighted by molar-refractivity contribution is 5.93. The van der Waals surface area contributed by atoms with Gasteiger partial charge in [-0.25, -0.2) is 4.79 Å². The number of carbonyl (C=O) groups is 3. The first-order chi connectivity index (χ1) is 12.0. The lowest BCUT2D eigenvalue weighted by atomic mass is 9.93. The molecule has 2 atom stereocenters. The van der Waals surface area contributed by atoms with Crippen molar-refractivity contribution in [1.29, 1.82) is 0 Å². The summed E-state index contributed by atoms with van der Waals surface area (Å²) < 4.78 is 38.7. The first-order valence-electron chi connectivity index (χ1n) is 7.95. The smallest absolute Gasteiger partial charge is 0.416 e. The van der Waals surface area contributed by atoms with Crippen LogP contribution in [0, 0.1) is 0 Å². The summed E-state index contributed by atoms with van der Waals surface area (Å²) in [6.07, 6.45) is -4.44. The highest BCUT2D eigenvalue weighted by atomic mass is 19.4. The fourth-order valence-corrected chi connectivity index (χ4v) is 3.05. The van der Waals surface area contributed by atoms with Gasteiger partial charge in [0.15, 0.2) is 0 Å². The number of aldehydes is 1. The fraction of sp³-hybridized carbons (Fsp3) is 0.471. The van der Waals surface area contributed by atoms with Gasteiger partial charge >= 0.3 is 12.1 Å². The molecule has 1 aliphatic rings. The Labute approximate surface area is 148 Å². The third-order valence-corrected chi connectivity index (χ3v) is 4.70. The van der Waals surface area contributed by atoms with Crippen molar-refractivity contribution >= 4 is 23.9 Å². The van der Waals surface area contributed by atoms with Crippen molar-refractivity contribution in [3.63, 3.8) is 0 Å². The van der Waals surface area contributed by atoms with Crippen molar-refractivity contribution in [2.24, 2.45) is 0 Å². The standard InChI is InChI=1S/C17H19F3N2O4/c1-11-14(24)22(16(2,6-9-23)15(25)26)8-7-21(11)13-5-3-4-12(10-13)17(18,19)20/h3-5,9-11H,6-8H2,1-2H3,(H,25,26). The molecule has 2 rings (SSSR count). The van der Waals surface area contributed by atoms with Crippen LogP contribution in [0.2, 0.25) is 0 Å². The normalized spacial score (nSPS) is 20.7. The van der Waals surface area contributed by atoms with E-state index in [1.54, 1.807) is 0 Å². The van der Waals surface area contributed by atoms with Crippen LogP contribution in [-0.2, 0) is 20.6 Å². The largest absolute Gasteiger partial charge is 0.479 e. The molecule has 1 saturated heterocycles. The van der Waals surface area contributed by atoms with Gasteiger partial charge in [0.2, 0.25) is 5.91 Å². The van der Waals surface area contributed by atoms with E-state index in [2.05, 4.69) is 0 Å². The molecule has 1 aliphatic heterocycles. The molecule has 2 unspecified atom stereocenters. The third-order valence-electron chi connectivity index (χ3n) is 4.70. The maximum absolute atomic E-state index is 12.9. The molecule has 1 aromatic carbocycles. The Kier molecular flexibility index (Phi) is 5.29. The molecule has 0 saturated carbocycles. The van der Waals surface area contributed by atoms with Crippen LogP contribution in [0.4, 0.5) is 18.9 Å². The molecule has 9 heteroatoms. The molecule has 142 valence electrons. The van der Waals surface area contributed by atoms with E-state index in [-0.39, 0.29) is 25.2 Å². The van der Waals surface area contributed by atoms with Crippen LogP contribution in [0.25, 0.3) is 0 Å². The van der Waals surface area contributed by atoms with Crippen molar-refractivity contribution in [3.8, 4) is 0 Å². The minimum absolute atomic E-state index is 0.0178. The number of hydrogen-bond donors (Lipinski definition) is 1. The Bertz CT molecular complexity index is 722. The second kappa shape index (κ2) is 6.97. The summed E-state index contributed by atoms with van der Waals surface area (Å²) in [5, 5.41) is 9.44. The number of anilines is 1. The van der Waals surface area contributed by atoms with Crippen LogP contribution in [0.15, 0.2) is 24.3 Å². The van der Waals surface area contributed by atoms with Crippen LogP contribution in [0.3, 0.4) is 0 Å². The van der Waals surface area contributed by atoms with Gasteiger partial charge in [0, 0.05) is 25.2 Å². The number of aliphatic carboxylic acids is 1. The van der Waals surface area contributed by atoms with E-state index in [1.807, 2.05) is 0 Å². The minimum atomic E-state index is -4.50. The molecule has 0 spiro atoms. The Balaban J connectivity index is 2.31. The van der Waals surface area contributed by atoms with Gasteiger partial charge in [-0.1, -0.05) is 6.07 Å². The molecule has 1 heterocycles. The van der Waals surface area contributed by atoms with Crippen LogP contribution in [-0.4, -0.2) is 52.8 Å². The molecule has 1 amide bonds. The number of nitrogens with zero attached hydrogens (tertiary/aromatic N) is 2. The maximum atomic E-state index is 12.9. The lowest BCUT2D eigenvalue weighted by Gasteiger charge is -2.46. The number of carboxylic acids is 1. The molecule has 1 aromatic rings. The summed E-state index contributed by atoms with van der Waals surface area (Å²) in [5.41, 5.74) is -2.28. The lowest BCUT2D eigenvalue weighted by molar-refractivity contribution is -0.160. The van der Waals surface area contributed by atoms with Crippen molar-refractivity contribution in [2.45, 2.75) is 38.0 Å². The number of hydrogen-bond acceptors (Lipinski definition) is 4. The number of carboxylic acid groups (broad SMARTS) is 1. The zero-order valence-electron chi connectivity index (χ0n) is 14.3. The summed E-state index contributed by atoms with van der Waals surface area (Å²) in [6.45, 7) is 2.91. The first kappa shape index (κ1) is 19.7. The van der Waals surface area contributed by atoms with Crippen molar-refractivity contribution < 1.29 is 32.7 Å². The number of halogens is 3. The SMILES string of the molecule is CC1C(=O)N(C(C)(CC=O)C(=O)O)CCN1c1cccc(C(F)(F)F)c1. The molecular weight excluding hydrogens is 353 g/mol. The maximum Gasteiger partial charge on any atom is 0.416 e. The third kappa shape index (κ3) is 3.51. The van der Waals surface area contributed by atoms with Gasteiger partial charge in [-0.3, -0.25) is 4.79 Å². The lowest BCUT2D eigenvalue weighted by Crippen LogP contribution is -2.65. The van der Waals surface area contributed by atoms with Gasteiger partial charge in [0.1, 0.15) is 17.9 Å². The quantitative estimate of drug-likeness (QED) is 0.802. The van der Waals surface area contributed by atoms with Gasteiger partial charge < -0.3 is 19.7 Å².